The van der Waals surface area contributed by atoms with Crippen LogP contribution in [0.25, 0.3) is 0 Å². The maximum atomic E-state index is 11.7. The van der Waals surface area contributed by atoms with Crippen LogP contribution in [0.15, 0.2) is 28.7 Å². The summed E-state index contributed by atoms with van der Waals surface area (Å²) in [6.07, 6.45) is 6.77. The van der Waals surface area contributed by atoms with Crippen molar-refractivity contribution >= 4 is 22.9 Å². The van der Waals surface area contributed by atoms with E-state index in [2.05, 4.69) is 6.92 Å². The van der Waals surface area contributed by atoms with Gasteiger partial charge in [0.15, 0.2) is 0 Å². The first-order valence-corrected chi connectivity index (χ1v) is 11.6. The van der Waals surface area contributed by atoms with Crippen molar-refractivity contribution < 1.29 is 49.7 Å². The Kier molecular flexibility index (Phi) is 8.30. The van der Waals surface area contributed by atoms with E-state index in [1.54, 1.807) is 0 Å². The molecule has 0 atom stereocenters. The normalized spacial score (nSPS) is 18.2. The molecular weight excluding hydrogens is 423 g/mol. The SMILES string of the molecule is Cc1oc(C2(C)CCCCC2)nc1CCOc1ccc(CN2C(=O)CSC2=O)cc1.[H-].[Na+]. The molecule has 2 aromatic rings. The number of imide groups is 1. The van der Waals surface area contributed by atoms with E-state index in [-0.39, 0.29) is 53.3 Å². The maximum absolute atomic E-state index is 11.7. The van der Waals surface area contributed by atoms with E-state index < -0.39 is 0 Å². The van der Waals surface area contributed by atoms with E-state index in [0.29, 0.717) is 19.6 Å². The van der Waals surface area contributed by atoms with Gasteiger partial charge >= 0.3 is 29.6 Å². The fraction of sp³-hybridized carbons (Fsp3) is 0.522. The number of ether oxygens (including phenoxy) is 1. The van der Waals surface area contributed by atoms with Crippen molar-refractivity contribution in [2.75, 3.05) is 12.4 Å². The summed E-state index contributed by atoms with van der Waals surface area (Å²) in [6.45, 7) is 5.07. The molecule has 1 aliphatic heterocycles. The number of aromatic nitrogens is 1. The number of carbonyl (C=O) groups is 2. The third kappa shape index (κ3) is 5.75. The van der Waals surface area contributed by atoms with Crippen LogP contribution in [0.1, 0.15) is 63.4 Å². The van der Waals surface area contributed by atoms with E-state index in [0.717, 1.165) is 53.3 Å². The Balaban J connectivity index is 0.00000181. The van der Waals surface area contributed by atoms with Crippen molar-refractivity contribution in [3.8, 4) is 5.75 Å². The van der Waals surface area contributed by atoms with Crippen LogP contribution in [-0.2, 0) is 23.2 Å². The topological polar surface area (TPSA) is 72.6 Å². The summed E-state index contributed by atoms with van der Waals surface area (Å²) >= 11 is 1.06. The minimum Gasteiger partial charge on any atom is -1.00 e. The Labute approximate surface area is 211 Å². The Morgan fingerprint density at radius 2 is 1.90 bits per heavy atom. The molecule has 0 unspecified atom stereocenters. The van der Waals surface area contributed by atoms with Crippen molar-refractivity contribution in [3.63, 3.8) is 0 Å². The zero-order valence-electron chi connectivity index (χ0n) is 19.6. The molecule has 0 radical (unpaired) electrons. The quantitative estimate of drug-likeness (QED) is 0.600. The molecule has 1 aliphatic carbocycles. The number of oxazole rings is 1. The standard InChI is InChI=1S/C23H28N2O4S.Na.H/c1-16-19(24-21(29-16)23(2)11-4-3-5-12-23)10-13-28-18-8-6-17(7-9-18)14-25-20(26)15-30-22(25)27;;/h6-9H,3-5,10-15H2,1-2H3;;/q;+1;-1. The molecule has 0 spiro atoms. The molecule has 6 nitrogen and oxygen atoms in total. The molecule has 0 N–H and O–H groups in total. The summed E-state index contributed by atoms with van der Waals surface area (Å²) in [4.78, 5) is 29.5. The number of hydrogen-bond acceptors (Lipinski definition) is 6. The zero-order chi connectivity index (χ0) is 21.1. The van der Waals surface area contributed by atoms with E-state index in [4.69, 9.17) is 14.1 Å². The second-order valence-electron chi connectivity index (χ2n) is 8.42. The van der Waals surface area contributed by atoms with Crippen LogP contribution >= 0.6 is 11.8 Å². The first-order valence-electron chi connectivity index (χ1n) is 10.6. The number of rotatable bonds is 7. The van der Waals surface area contributed by atoms with Gasteiger partial charge in [0.2, 0.25) is 11.8 Å². The molecular formula is C23H29N2NaO4S. The number of amides is 2. The van der Waals surface area contributed by atoms with Crippen molar-refractivity contribution in [2.24, 2.45) is 0 Å². The molecule has 4 rings (SSSR count). The fourth-order valence-electron chi connectivity index (χ4n) is 4.14. The van der Waals surface area contributed by atoms with E-state index >= 15 is 0 Å². The van der Waals surface area contributed by atoms with Crippen molar-refractivity contribution in [2.45, 2.75) is 64.3 Å². The minimum atomic E-state index is -0.176. The molecule has 8 heteroatoms. The average molecular weight is 453 g/mol. The first-order chi connectivity index (χ1) is 14.4. The zero-order valence-corrected chi connectivity index (χ0v) is 21.4. The number of hydrogen-bond donors (Lipinski definition) is 0. The van der Waals surface area contributed by atoms with Gasteiger partial charge < -0.3 is 10.6 Å². The Bertz CT molecular complexity index is 913. The van der Waals surface area contributed by atoms with Crippen LogP contribution in [0.3, 0.4) is 0 Å². The van der Waals surface area contributed by atoms with Gasteiger partial charge in [-0.1, -0.05) is 50.1 Å². The van der Waals surface area contributed by atoms with Gasteiger partial charge in [0.25, 0.3) is 5.24 Å². The number of thioether (sulfide) groups is 1. The average Bonchev–Trinajstić information content (AvgIpc) is 3.27. The van der Waals surface area contributed by atoms with Gasteiger partial charge in [-0.25, -0.2) is 4.98 Å². The number of benzene rings is 1. The second-order valence-corrected chi connectivity index (χ2v) is 9.35. The third-order valence-electron chi connectivity index (χ3n) is 6.08. The molecule has 162 valence electrons. The Morgan fingerprint density at radius 3 is 2.55 bits per heavy atom. The number of nitrogens with zero attached hydrogens (tertiary/aromatic N) is 2. The maximum Gasteiger partial charge on any atom is 1.00 e. The van der Waals surface area contributed by atoms with Gasteiger partial charge in [-0.2, -0.15) is 0 Å². The fourth-order valence-corrected chi connectivity index (χ4v) is 4.86. The number of aryl methyl sites for hydroxylation is 1. The largest absolute Gasteiger partial charge is 1.00 e. The minimum absolute atomic E-state index is 0. The monoisotopic (exact) mass is 452 g/mol. The number of carbonyl (C=O) groups excluding carboxylic acids is 2. The van der Waals surface area contributed by atoms with Crippen LogP contribution in [-0.4, -0.2) is 33.4 Å². The van der Waals surface area contributed by atoms with Crippen molar-refractivity contribution in [3.05, 3.63) is 47.2 Å². The molecule has 2 heterocycles. The summed E-state index contributed by atoms with van der Waals surface area (Å²) in [5, 5.41) is -0.176. The van der Waals surface area contributed by atoms with Gasteiger partial charge in [-0.05, 0) is 37.5 Å². The molecule has 1 aromatic carbocycles. The van der Waals surface area contributed by atoms with Crippen LogP contribution in [0.2, 0.25) is 0 Å². The van der Waals surface area contributed by atoms with Crippen molar-refractivity contribution in [1.29, 1.82) is 0 Å². The Morgan fingerprint density at radius 1 is 1.19 bits per heavy atom. The van der Waals surface area contributed by atoms with Crippen molar-refractivity contribution in [1.82, 2.24) is 9.88 Å². The van der Waals surface area contributed by atoms with Crippen LogP contribution in [0.4, 0.5) is 4.79 Å². The summed E-state index contributed by atoms with van der Waals surface area (Å²) in [6, 6.07) is 7.53. The van der Waals surface area contributed by atoms with E-state index in [9.17, 15) is 9.59 Å². The summed E-state index contributed by atoms with van der Waals surface area (Å²) < 4.78 is 11.9. The summed E-state index contributed by atoms with van der Waals surface area (Å²) in [5.41, 5.74) is 1.94. The predicted octanol–water partition coefficient (Wildman–Crippen LogP) is 2.14. The van der Waals surface area contributed by atoms with Gasteiger partial charge in [-0.15, -0.1) is 0 Å². The molecule has 1 saturated heterocycles. The van der Waals surface area contributed by atoms with Crippen LogP contribution in [0, 0.1) is 6.92 Å². The van der Waals surface area contributed by atoms with E-state index in [1.165, 1.54) is 24.2 Å². The van der Waals surface area contributed by atoms with Gasteiger partial charge in [0, 0.05) is 11.8 Å². The summed E-state index contributed by atoms with van der Waals surface area (Å²) in [5.74, 6) is 2.63. The molecule has 0 bridgehead atoms. The first kappa shape index (κ1) is 24.4. The molecule has 2 aliphatic rings. The third-order valence-corrected chi connectivity index (χ3v) is 6.94. The van der Waals surface area contributed by atoms with Gasteiger partial charge in [0.05, 0.1) is 24.6 Å². The molecule has 31 heavy (non-hydrogen) atoms. The molecule has 2 fully saturated rings. The van der Waals surface area contributed by atoms with Gasteiger partial charge in [-0.3, -0.25) is 14.5 Å². The Hall–Kier alpha value is -1.28. The second kappa shape index (κ2) is 10.6. The smallest absolute Gasteiger partial charge is 1.00 e. The molecule has 2 amide bonds. The van der Waals surface area contributed by atoms with Gasteiger partial charge in [0.1, 0.15) is 11.5 Å². The van der Waals surface area contributed by atoms with Crippen LogP contribution in [0.5, 0.6) is 5.75 Å². The predicted molar refractivity (Wildman–Crippen MR) is 117 cm³/mol. The molecule has 1 saturated carbocycles. The summed E-state index contributed by atoms with van der Waals surface area (Å²) in [7, 11) is 0. The molecule has 1 aromatic heterocycles. The van der Waals surface area contributed by atoms with E-state index in [1.807, 2.05) is 31.2 Å². The van der Waals surface area contributed by atoms with Crippen LogP contribution < -0.4 is 34.3 Å².